The average Bonchev–Trinajstić information content (AvgIpc) is 2.02. The number of benzene rings is 1. The number of aliphatic hydroxyl groups is 1. The van der Waals surface area contributed by atoms with Crippen LogP contribution in [-0.2, 0) is 0 Å². The van der Waals surface area contributed by atoms with E-state index in [1.807, 2.05) is 0 Å². The summed E-state index contributed by atoms with van der Waals surface area (Å²) in [5.41, 5.74) is 0. The monoisotopic (exact) mass is 516 g/mol. The molecule has 0 heterocycles. The normalized spacial score (nSPS) is 10.2. The highest BCUT2D eigenvalue weighted by Gasteiger charge is 2.07. The van der Waals surface area contributed by atoms with Crippen molar-refractivity contribution in [2.24, 2.45) is 0 Å². The number of aliphatic hydroxyl groups excluding tert-OH is 1. The van der Waals surface area contributed by atoms with Gasteiger partial charge in [0.15, 0.2) is 0 Å². The minimum absolute atomic E-state index is 0.0537. The first-order valence-electron chi connectivity index (χ1n) is 3.53. The maximum atomic E-state index is 8.63. The molecule has 0 aliphatic rings. The molecule has 2 nitrogen and oxygen atoms in total. The van der Waals surface area contributed by atoms with E-state index in [2.05, 4.69) is 79.9 Å². The van der Waals surface area contributed by atoms with Crippen molar-refractivity contribution in [1.29, 1.82) is 0 Å². The Morgan fingerprint density at radius 3 is 2.15 bits per heavy atom. The van der Waals surface area contributed by atoms with Crippen LogP contribution in [0.1, 0.15) is 0 Å². The van der Waals surface area contributed by atoms with Gasteiger partial charge in [0, 0.05) is 3.57 Å². The van der Waals surface area contributed by atoms with Gasteiger partial charge in [-0.25, -0.2) is 0 Å². The van der Waals surface area contributed by atoms with E-state index in [0.29, 0.717) is 6.61 Å². The zero-order valence-corrected chi connectivity index (χ0v) is 13.0. The van der Waals surface area contributed by atoms with Crippen LogP contribution >= 0.6 is 67.8 Å². The lowest BCUT2D eigenvalue weighted by atomic mass is 10.3. The predicted octanol–water partition coefficient (Wildman–Crippen LogP) is 2.87. The van der Waals surface area contributed by atoms with Gasteiger partial charge in [-0.15, -0.1) is 0 Å². The van der Waals surface area contributed by atoms with E-state index in [0.717, 1.165) is 12.9 Å². The van der Waals surface area contributed by atoms with E-state index in [1.54, 1.807) is 0 Å². The third kappa shape index (κ3) is 3.67. The lowest BCUT2D eigenvalue weighted by Crippen LogP contribution is -2.04. The number of rotatable bonds is 3. The van der Waals surface area contributed by atoms with Gasteiger partial charge in [0.05, 0.1) is 13.7 Å². The second-order valence-electron chi connectivity index (χ2n) is 2.27. The number of ether oxygens (including phenoxy) is 1. The van der Waals surface area contributed by atoms with Gasteiger partial charge in [0.1, 0.15) is 12.4 Å². The van der Waals surface area contributed by atoms with Crippen LogP contribution in [0.5, 0.6) is 5.75 Å². The molecule has 0 aliphatic carbocycles. The van der Waals surface area contributed by atoms with Crippen LogP contribution in [0.15, 0.2) is 12.1 Å². The molecule has 0 spiro atoms. The number of hydrogen-bond donors (Lipinski definition) is 1. The third-order valence-electron chi connectivity index (χ3n) is 1.30. The summed E-state index contributed by atoms with van der Waals surface area (Å²) in [6, 6.07) is 4.10. The standard InChI is InChI=1S/C8H7I3O2/c9-5-3-6(10)8(7(11)4-5)13-2-1-12/h3-4,12H,1-2H2. The molecule has 0 saturated carbocycles. The molecule has 1 N–H and O–H groups in total. The van der Waals surface area contributed by atoms with Crippen LogP contribution in [0.4, 0.5) is 0 Å². The van der Waals surface area contributed by atoms with Gasteiger partial charge in [-0.3, -0.25) is 0 Å². The van der Waals surface area contributed by atoms with Crippen LogP contribution in [0, 0.1) is 10.7 Å². The molecule has 0 fully saturated rings. The highest BCUT2D eigenvalue weighted by molar-refractivity contribution is 14.1. The predicted molar refractivity (Wildman–Crippen MR) is 77.2 cm³/mol. The molecule has 1 aromatic rings. The van der Waals surface area contributed by atoms with Gasteiger partial charge < -0.3 is 9.84 Å². The smallest absolute Gasteiger partial charge is 0.146 e. The summed E-state index contributed by atoms with van der Waals surface area (Å²) >= 11 is 6.74. The fourth-order valence-corrected chi connectivity index (χ4v) is 4.71. The summed E-state index contributed by atoms with van der Waals surface area (Å²) in [4.78, 5) is 0. The number of hydrogen-bond acceptors (Lipinski definition) is 2. The quantitative estimate of drug-likeness (QED) is 0.628. The Morgan fingerprint density at radius 2 is 1.69 bits per heavy atom. The minimum atomic E-state index is 0.0537. The Hall–Kier alpha value is 1.17. The maximum absolute atomic E-state index is 8.63. The van der Waals surface area contributed by atoms with Crippen LogP contribution in [-0.4, -0.2) is 18.3 Å². The first-order valence-corrected chi connectivity index (χ1v) is 6.77. The molecule has 0 amide bonds. The number of halogens is 3. The summed E-state index contributed by atoms with van der Waals surface area (Å²) in [5.74, 6) is 0.871. The Balaban J connectivity index is 2.92. The molecule has 5 heteroatoms. The highest BCUT2D eigenvalue weighted by Crippen LogP contribution is 2.29. The van der Waals surface area contributed by atoms with Gasteiger partial charge in [-0.05, 0) is 79.9 Å². The molecule has 72 valence electrons. The topological polar surface area (TPSA) is 29.5 Å². The Bertz CT molecular complexity index is 278. The molecule has 0 unspecified atom stereocenters. The van der Waals surface area contributed by atoms with Crippen molar-refractivity contribution in [2.75, 3.05) is 13.2 Å². The van der Waals surface area contributed by atoms with Gasteiger partial charge in [0.25, 0.3) is 0 Å². The molecule has 1 rings (SSSR count). The van der Waals surface area contributed by atoms with Crippen LogP contribution in [0.3, 0.4) is 0 Å². The molecular formula is C8H7I3O2. The second-order valence-corrected chi connectivity index (χ2v) is 5.84. The van der Waals surface area contributed by atoms with Crippen molar-refractivity contribution in [3.63, 3.8) is 0 Å². The van der Waals surface area contributed by atoms with Crippen LogP contribution in [0.25, 0.3) is 0 Å². The zero-order chi connectivity index (χ0) is 9.84. The fraction of sp³-hybridized carbons (Fsp3) is 0.250. The van der Waals surface area contributed by atoms with Crippen molar-refractivity contribution in [3.8, 4) is 5.75 Å². The molecule has 13 heavy (non-hydrogen) atoms. The Labute approximate surface area is 118 Å². The molecule has 0 bridgehead atoms. The largest absolute Gasteiger partial charge is 0.489 e. The minimum Gasteiger partial charge on any atom is -0.489 e. The molecule has 0 aliphatic heterocycles. The van der Waals surface area contributed by atoms with Crippen molar-refractivity contribution < 1.29 is 9.84 Å². The maximum Gasteiger partial charge on any atom is 0.146 e. The van der Waals surface area contributed by atoms with E-state index in [4.69, 9.17) is 9.84 Å². The van der Waals surface area contributed by atoms with Crippen LogP contribution < -0.4 is 4.74 Å². The van der Waals surface area contributed by atoms with Crippen molar-refractivity contribution in [2.45, 2.75) is 0 Å². The molecule has 1 aromatic carbocycles. The van der Waals surface area contributed by atoms with E-state index >= 15 is 0 Å². The highest BCUT2D eigenvalue weighted by atomic mass is 127. The zero-order valence-electron chi connectivity index (χ0n) is 6.56. The van der Waals surface area contributed by atoms with E-state index in [9.17, 15) is 0 Å². The molecule has 0 aromatic heterocycles. The van der Waals surface area contributed by atoms with Gasteiger partial charge in [-0.1, -0.05) is 0 Å². The Morgan fingerprint density at radius 1 is 1.15 bits per heavy atom. The third-order valence-corrected chi connectivity index (χ3v) is 3.53. The lowest BCUT2D eigenvalue weighted by Gasteiger charge is -2.09. The fourth-order valence-electron chi connectivity index (χ4n) is 0.815. The summed E-state index contributed by atoms with van der Waals surface area (Å²) in [6.07, 6.45) is 0. The summed E-state index contributed by atoms with van der Waals surface area (Å²) in [6.45, 7) is 0.407. The Kier molecular flexibility index (Phi) is 5.56. The SMILES string of the molecule is OCCOc1c(I)cc(I)cc1I. The van der Waals surface area contributed by atoms with Gasteiger partial charge >= 0.3 is 0 Å². The summed E-state index contributed by atoms with van der Waals surface area (Å²) < 4.78 is 8.77. The molecule has 0 radical (unpaired) electrons. The molecule has 0 saturated heterocycles. The molecular weight excluding hydrogens is 509 g/mol. The lowest BCUT2D eigenvalue weighted by molar-refractivity contribution is 0.199. The summed E-state index contributed by atoms with van der Waals surface area (Å²) in [7, 11) is 0. The van der Waals surface area contributed by atoms with E-state index < -0.39 is 0 Å². The van der Waals surface area contributed by atoms with Gasteiger partial charge in [-0.2, -0.15) is 0 Å². The summed E-state index contributed by atoms with van der Waals surface area (Å²) in [5, 5.41) is 8.63. The van der Waals surface area contributed by atoms with Crippen molar-refractivity contribution in [1.82, 2.24) is 0 Å². The average molecular weight is 516 g/mol. The molecule has 0 atom stereocenters. The van der Waals surface area contributed by atoms with E-state index in [-0.39, 0.29) is 6.61 Å². The van der Waals surface area contributed by atoms with Gasteiger partial charge in [0.2, 0.25) is 0 Å². The first kappa shape index (κ1) is 12.2. The van der Waals surface area contributed by atoms with Crippen LogP contribution in [0.2, 0.25) is 0 Å². The van der Waals surface area contributed by atoms with E-state index in [1.165, 1.54) is 3.57 Å². The van der Waals surface area contributed by atoms with Crippen molar-refractivity contribution in [3.05, 3.63) is 22.8 Å². The van der Waals surface area contributed by atoms with Crippen molar-refractivity contribution >= 4 is 67.8 Å². The second kappa shape index (κ2) is 5.91. The first-order chi connectivity index (χ1) is 6.15.